The van der Waals surface area contributed by atoms with Gasteiger partial charge in [-0.15, -0.1) is 0 Å². The van der Waals surface area contributed by atoms with E-state index in [0.717, 1.165) is 57.8 Å². The molecule has 0 spiro atoms. The summed E-state index contributed by atoms with van der Waals surface area (Å²) >= 11 is 0. The molecule has 0 rings (SSSR count). The molecular weight excluding hydrogens is 575 g/mol. The smallest absolute Gasteiger partial charge is 0.462 e. The fourth-order valence-electron chi connectivity index (χ4n) is 4.27. The SMILES string of the molecule is CCCC/C=C\CCCCCCCC(=O)OC(COC(=O)CCCCCCCCCCC)COP(=O)(O)OCC(O)CO. The van der Waals surface area contributed by atoms with E-state index >= 15 is 0 Å². The number of unbranched alkanes of at least 4 members (excludes halogenated alkanes) is 15. The zero-order valence-corrected chi connectivity index (χ0v) is 27.8. The molecule has 11 heteroatoms. The van der Waals surface area contributed by atoms with Crippen molar-refractivity contribution in [1.82, 2.24) is 0 Å². The predicted molar refractivity (Wildman–Crippen MR) is 168 cm³/mol. The van der Waals surface area contributed by atoms with Crippen molar-refractivity contribution >= 4 is 19.8 Å². The number of carbonyl (C=O) groups excluding carboxylic acids is 2. The Bertz CT molecular complexity index is 746. The van der Waals surface area contributed by atoms with Gasteiger partial charge in [-0.1, -0.05) is 109 Å². The number of aliphatic hydroxyl groups excluding tert-OH is 2. The third-order valence-electron chi connectivity index (χ3n) is 6.92. The van der Waals surface area contributed by atoms with Gasteiger partial charge in [0.15, 0.2) is 6.10 Å². The number of phosphoric ester groups is 1. The van der Waals surface area contributed by atoms with E-state index in [4.69, 9.17) is 19.1 Å². The molecule has 0 heterocycles. The molecule has 0 aromatic rings. The van der Waals surface area contributed by atoms with Gasteiger partial charge in [-0.05, 0) is 32.1 Å². The fraction of sp³-hybridized carbons (Fsp3) is 0.875. The summed E-state index contributed by atoms with van der Waals surface area (Å²) in [5, 5.41) is 18.2. The van der Waals surface area contributed by atoms with E-state index in [1.165, 1.54) is 44.9 Å². The zero-order valence-electron chi connectivity index (χ0n) is 26.9. The minimum Gasteiger partial charge on any atom is -0.462 e. The molecule has 0 amide bonds. The van der Waals surface area contributed by atoms with Crippen LogP contribution in [-0.4, -0.2) is 65.7 Å². The maximum atomic E-state index is 12.4. The number of hydrogen-bond acceptors (Lipinski definition) is 9. The summed E-state index contributed by atoms with van der Waals surface area (Å²) in [4.78, 5) is 34.5. The van der Waals surface area contributed by atoms with Crippen molar-refractivity contribution < 1.29 is 47.8 Å². The molecule has 3 unspecified atom stereocenters. The lowest BCUT2D eigenvalue weighted by molar-refractivity contribution is -0.161. The summed E-state index contributed by atoms with van der Waals surface area (Å²) in [6.45, 7) is 2.27. The topological polar surface area (TPSA) is 149 Å². The molecule has 0 saturated carbocycles. The van der Waals surface area contributed by atoms with Crippen molar-refractivity contribution in [2.75, 3.05) is 26.4 Å². The van der Waals surface area contributed by atoms with Crippen LogP contribution in [0.5, 0.6) is 0 Å². The van der Waals surface area contributed by atoms with E-state index < -0.39 is 51.8 Å². The van der Waals surface area contributed by atoms with Crippen molar-refractivity contribution in [2.45, 2.75) is 154 Å². The molecule has 0 aliphatic rings. The molecule has 0 bridgehead atoms. The van der Waals surface area contributed by atoms with E-state index in [1.54, 1.807) is 0 Å². The largest absolute Gasteiger partial charge is 0.472 e. The summed E-state index contributed by atoms with van der Waals surface area (Å²) in [7, 11) is -4.60. The Balaban J connectivity index is 4.46. The summed E-state index contributed by atoms with van der Waals surface area (Å²) in [5.74, 6) is -0.939. The molecular formula is C32H61O10P. The second-order valence-corrected chi connectivity index (χ2v) is 12.6. The van der Waals surface area contributed by atoms with E-state index in [0.29, 0.717) is 12.8 Å². The van der Waals surface area contributed by atoms with Crippen LogP contribution in [0.1, 0.15) is 142 Å². The van der Waals surface area contributed by atoms with E-state index in [2.05, 4.69) is 30.5 Å². The van der Waals surface area contributed by atoms with Gasteiger partial charge in [0, 0.05) is 12.8 Å². The lowest BCUT2D eigenvalue weighted by Gasteiger charge is -2.20. The molecule has 10 nitrogen and oxygen atoms in total. The quantitative estimate of drug-likeness (QED) is 0.0306. The number of esters is 2. The molecule has 0 aromatic heterocycles. The molecule has 254 valence electrons. The highest BCUT2D eigenvalue weighted by molar-refractivity contribution is 7.47. The predicted octanol–water partition coefficient (Wildman–Crippen LogP) is 7.33. The maximum Gasteiger partial charge on any atom is 0.472 e. The highest BCUT2D eigenvalue weighted by Gasteiger charge is 2.27. The molecule has 0 aromatic carbocycles. The van der Waals surface area contributed by atoms with Gasteiger partial charge in [-0.2, -0.15) is 0 Å². The molecule has 0 aliphatic carbocycles. The van der Waals surface area contributed by atoms with Crippen LogP contribution in [0.3, 0.4) is 0 Å². The summed E-state index contributed by atoms with van der Waals surface area (Å²) < 4.78 is 32.4. The molecule has 0 fully saturated rings. The first kappa shape index (κ1) is 41.7. The van der Waals surface area contributed by atoms with Crippen molar-refractivity contribution in [3.05, 3.63) is 12.2 Å². The first-order valence-corrected chi connectivity index (χ1v) is 18.1. The summed E-state index contributed by atoms with van der Waals surface area (Å²) in [6, 6.07) is 0. The third kappa shape index (κ3) is 29.2. The second kappa shape index (κ2) is 29.4. The van der Waals surface area contributed by atoms with Crippen LogP contribution in [0.2, 0.25) is 0 Å². The molecule has 0 aliphatic heterocycles. The number of aliphatic hydroxyl groups is 2. The average molecular weight is 637 g/mol. The Kier molecular flexibility index (Phi) is 28.5. The molecule has 0 saturated heterocycles. The van der Waals surface area contributed by atoms with Gasteiger partial charge in [0.25, 0.3) is 0 Å². The first-order chi connectivity index (χ1) is 20.7. The van der Waals surface area contributed by atoms with Crippen LogP contribution in [0.4, 0.5) is 0 Å². The van der Waals surface area contributed by atoms with Gasteiger partial charge >= 0.3 is 19.8 Å². The zero-order chi connectivity index (χ0) is 32.0. The third-order valence-corrected chi connectivity index (χ3v) is 7.87. The van der Waals surface area contributed by atoms with E-state index in [1.807, 2.05) is 0 Å². The highest BCUT2D eigenvalue weighted by Crippen LogP contribution is 2.43. The average Bonchev–Trinajstić information content (AvgIpc) is 2.99. The Labute approximate surface area is 260 Å². The van der Waals surface area contributed by atoms with Crippen molar-refractivity contribution in [1.29, 1.82) is 0 Å². The standard InChI is InChI=1S/C32H61O10P/c1-3-5-7-9-11-13-14-16-18-20-22-24-32(36)42-30(28-41-43(37,38)40-26-29(34)25-33)27-39-31(35)23-21-19-17-15-12-10-8-6-4-2/h9,11,29-30,33-34H,3-8,10,12-28H2,1-2H3,(H,37,38)/b11-9-. The highest BCUT2D eigenvalue weighted by atomic mass is 31.2. The number of hydrogen-bond donors (Lipinski definition) is 3. The van der Waals surface area contributed by atoms with Gasteiger partial charge < -0.3 is 24.6 Å². The Hall–Kier alpha value is -1.29. The van der Waals surface area contributed by atoms with Crippen molar-refractivity contribution in [3.63, 3.8) is 0 Å². The number of carbonyl (C=O) groups is 2. The van der Waals surface area contributed by atoms with Crippen LogP contribution in [0, 0.1) is 0 Å². The van der Waals surface area contributed by atoms with Crippen LogP contribution >= 0.6 is 7.82 Å². The Morgan fingerprint density at radius 3 is 1.74 bits per heavy atom. The van der Waals surface area contributed by atoms with Crippen LogP contribution < -0.4 is 0 Å². The summed E-state index contributed by atoms with van der Waals surface area (Å²) in [5.41, 5.74) is 0. The Morgan fingerprint density at radius 2 is 1.16 bits per heavy atom. The lowest BCUT2D eigenvalue weighted by Crippen LogP contribution is -2.29. The van der Waals surface area contributed by atoms with E-state index in [-0.39, 0.29) is 19.4 Å². The second-order valence-electron chi connectivity index (χ2n) is 11.2. The minimum atomic E-state index is -4.60. The van der Waals surface area contributed by atoms with Gasteiger partial charge in [0.2, 0.25) is 0 Å². The monoisotopic (exact) mass is 636 g/mol. The van der Waals surface area contributed by atoms with Crippen molar-refractivity contribution in [2.24, 2.45) is 0 Å². The fourth-order valence-corrected chi connectivity index (χ4v) is 5.06. The molecule has 3 atom stereocenters. The molecule has 3 N–H and O–H groups in total. The molecule has 43 heavy (non-hydrogen) atoms. The van der Waals surface area contributed by atoms with Gasteiger partial charge in [-0.25, -0.2) is 4.57 Å². The van der Waals surface area contributed by atoms with Gasteiger partial charge in [-0.3, -0.25) is 18.6 Å². The number of phosphoric acid groups is 1. The number of ether oxygens (including phenoxy) is 2. The van der Waals surface area contributed by atoms with Gasteiger partial charge in [0.1, 0.15) is 12.7 Å². The Morgan fingerprint density at radius 1 is 0.674 bits per heavy atom. The van der Waals surface area contributed by atoms with Crippen LogP contribution in [-0.2, 0) is 32.7 Å². The van der Waals surface area contributed by atoms with Gasteiger partial charge in [0.05, 0.1) is 19.8 Å². The minimum absolute atomic E-state index is 0.176. The lowest BCUT2D eigenvalue weighted by atomic mass is 10.1. The number of allylic oxidation sites excluding steroid dienone is 2. The number of rotatable bonds is 31. The maximum absolute atomic E-state index is 12.4. The van der Waals surface area contributed by atoms with Crippen LogP contribution in [0.25, 0.3) is 0 Å². The van der Waals surface area contributed by atoms with Crippen LogP contribution in [0.15, 0.2) is 12.2 Å². The first-order valence-electron chi connectivity index (χ1n) is 16.6. The van der Waals surface area contributed by atoms with E-state index in [9.17, 15) is 24.2 Å². The summed E-state index contributed by atoms with van der Waals surface area (Å²) in [6.07, 6.45) is 22.0. The van der Waals surface area contributed by atoms with Crippen molar-refractivity contribution in [3.8, 4) is 0 Å². The normalized spacial score (nSPS) is 14.4. The molecule has 0 radical (unpaired) electrons.